The number of ether oxygens (including phenoxy) is 1. The number of halogens is 3. The summed E-state index contributed by atoms with van der Waals surface area (Å²) in [4.78, 5) is 51.4. The Labute approximate surface area is 370 Å². The zero-order valence-corrected chi connectivity index (χ0v) is 36.8. The number of fused-ring (bicyclic) bond motifs is 2. The summed E-state index contributed by atoms with van der Waals surface area (Å²) in [6.45, 7) is 8.38. The van der Waals surface area contributed by atoms with Gasteiger partial charge < -0.3 is 24.6 Å². The highest BCUT2D eigenvalue weighted by Gasteiger charge is 2.32. The van der Waals surface area contributed by atoms with Crippen LogP contribution in [0.15, 0.2) is 59.7 Å². The number of hydrogen-bond donors (Lipinski definition) is 3. The number of alkyl halides is 3. The predicted octanol–water partition coefficient (Wildman–Crippen LogP) is 6.68. The standard InChI is InChI=1S/C47H60F3N9O5/c1-31(33-8-10-34(11-9-33)38-30-58(35-12-14-36(60)15-13-35)43-37(38)29-52-45(54-43)51-20-19-47(48,49)50)57-24-22-56(23-25-57)21-3-4-26-64-27-5-6-32-7-16-39-41(28-32)55(2)46(63)59(39)40-17-18-42(61)53-44(40)62/h7-11,16,28-31,35-36,40,60H,3-6,12-15,17-27H2,1-2H3,(H,51,52,54)(H,53,61,62). The van der Waals surface area contributed by atoms with Gasteiger partial charge in [0.15, 0.2) is 0 Å². The van der Waals surface area contributed by atoms with Crippen molar-refractivity contribution in [1.29, 1.82) is 0 Å². The van der Waals surface area contributed by atoms with Crippen LogP contribution in [0.25, 0.3) is 33.2 Å². The van der Waals surface area contributed by atoms with Gasteiger partial charge in [0.25, 0.3) is 0 Å². The van der Waals surface area contributed by atoms with Gasteiger partial charge in [0.05, 0.1) is 23.6 Å². The molecule has 1 saturated carbocycles. The van der Waals surface area contributed by atoms with Crippen LogP contribution in [0, 0.1) is 0 Å². The number of aliphatic hydroxyl groups excluding tert-OH is 1. The molecule has 3 aliphatic rings. The van der Waals surface area contributed by atoms with Crippen LogP contribution in [-0.4, -0.2) is 115 Å². The Kier molecular flexibility index (Phi) is 14.2. The van der Waals surface area contributed by atoms with E-state index in [1.807, 2.05) is 18.2 Å². The number of imidazole rings is 1. The summed E-state index contributed by atoms with van der Waals surface area (Å²) in [5.74, 6) is -0.566. The minimum Gasteiger partial charge on any atom is -0.393 e. The number of anilines is 1. The highest BCUT2D eigenvalue weighted by atomic mass is 19.4. The van der Waals surface area contributed by atoms with Crippen molar-refractivity contribution in [3.63, 3.8) is 0 Å². The van der Waals surface area contributed by atoms with Crippen LogP contribution in [0.1, 0.15) is 100 Å². The summed E-state index contributed by atoms with van der Waals surface area (Å²) in [6.07, 6.45) is 5.51. The van der Waals surface area contributed by atoms with Gasteiger partial charge in [0.1, 0.15) is 11.7 Å². The number of piperazine rings is 1. The van der Waals surface area contributed by atoms with Gasteiger partial charge in [-0.25, -0.2) is 9.78 Å². The third-order valence-electron chi connectivity index (χ3n) is 13.4. The van der Waals surface area contributed by atoms with Crippen molar-refractivity contribution in [3.05, 3.63) is 76.5 Å². The lowest BCUT2D eigenvalue weighted by molar-refractivity contribution is -0.136. The Hall–Kier alpha value is -5.10. The van der Waals surface area contributed by atoms with Gasteiger partial charge >= 0.3 is 11.9 Å². The van der Waals surface area contributed by atoms with Crippen molar-refractivity contribution < 1.29 is 32.6 Å². The molecule has 2 saturated heterocycles. The molecule has 0 spiro atoms. The molecule has 14 nitrogen and oxygen atoms in total. The number of aliphatic hydroxyl groups is 1. The third kappa shape index (κ3) is 10.5. The van der Waals surface area contributed by atoms with E-state index in [0.29, 0.717) is 37.0 Å². The van der Waals surface area contributed by atoms with E-state index in [1.54, 1.807) is 17.8 Å². The maximum atomic E-state index is 13.1. The van der Waals surface area contributed by atoms with Crippen LogP contribution < -0.4 is 16.3 Å². The van der Waals surface area contributed by atoms with Gasteiger partial charge in [-0.05, 0) is 100 Å². The maximum absolute atomic E-state index is 13.1. The van der Waals surface area contributed by atoms with Gasteiger partial charge in [-0.15, -0.1) is 0 Å². The van der Waals surface area contributed by atoms with E-state index < -0.39 is 24.5 Å². The van der Waals surface area contributed by atoms with Gasteiger partial charge in [-0.3, -0.25) is 28.9 Å². The molecule has 0 radical (unpaired) electrons. The molecule has 3 fully saturated rings. The lowest BCUT2D eigenvalue weighted by Crippen LogP contribution is -2.47. The summed E-state index contributed by atoms with van der Waals surface area (Å²) in [7, 11) is 1.71. The smallest absolute Gasteiger partial charge is 0.390 e. The zero-order chi connectivity index (χ0) is 45.0. The molecule has 344 valence electrons. The topological polar surface area (TPSA) is 152 Å². The number of piperidine rings is 1. The molecule has 2 aliphatic heterocycles. The first-order valence-electron chi connectivity index (χ1n) is 22.9. The number of carbonyl (C=O) groups is 2. The molecular weight excluding hydrogens is 828 g/mol. The Morgan fingerprint density at radius 3 is 2.42 bits per heavy atom. The third-order valence-corrected chi connectivity index (χ3v) is 13.4. The quantitative estimate of drug-likeness (QED) is 0.0682. The Morgan fingerprint density at radius 1 is 0.938 bits per heavy atom. The predicted molar refractivity (Wildman–Crippen MR) is 239 cm³/mol. The first-order chi connectivity index (χ1) is 30.8. The number of rotatable bonds is 17. The lowest BCUT2D eigenvalue weighted by Gasteiger charge is -2.38. The number of aryl methyl sites for hydroxylation is 2. The van der Waals surface area contributed by atoms with Crippen molar-refractivity contribution in [1.82, 2.24) is 38.8 Å². The van der Waals surface area contributed by atoms with Crippen molar-refractivity contribution in [2.75, 3.05) is 57.8 Å². The first-order valence-corrected chi connectivity index (χ1v) is 22.9. The molecule has 2 unspecified atom stereocenters. The second kappa shape index (κ2) is 20.0. The molecular formula is C47H60F3N9O5. The second-order valence-electron chi connectivity index (χ2n) is 17.7. The van der Waals surface area contributed by atoms with Crippen LogP contribution in [0.2, 0.25) is 0 Å². The van der Waals surface area contributed by atoms with Crippen molar-refractivity contribution in [2.45, 2.75) is 108 Å². The lowest BCUT2D eigenvalue weighted by atomic mass is 9.93. The molecule has 3 N–H and O–H groups in total. The second-order valence-corrected chi connectivity index (χ2v) is 17.7. The van der Waals surface area contributed by atoms with E-state index in [4.69, 9.17) is 9.72 Å². The van der Waals surface area contributed by atoms with Crippen LogP contribution in [0.3, 0.4) is 0 Å². The van der Waals surface area contributed by atoms with Crippen LogP contribution in [0.4, 0.5) is 19.1 Å². The number of benzene rings is 2. The summed E-state index contributed by atoms with van der Waals surface area (Å²) in [6, 6.07) is 14.2. The number of amides is 2. The van der Waals surface area contributed by atoms with E-state index in [0.717, 1.165) is 105 Å². The van der Waals surface area contributed by atoms with Gasteiger partial charge in [0.2, 0.25) is 17.8 Å². The highest BCUT2D eigenvalue weighted by Crippen LogP contribution is 2.37. The summed E-state index contributed by atoms with van der Waals surface area (Å²) >= 11 is 0. The molecule has 3 aromatic heterocycles. The van der Waals surface area contributed by atoms with Crippen molar-refractivity contribution in [3.8, 4) is 11.1 Å². The summed E-state index contributed by atoms with van der Waals surface area (Å²) in [5.41, 5.74) is 6.23. The molecule has 64 heavy (non-hydrogen) atoms. The molecule has 8 rings (SSSR count). The van der Waals surface area contributed by atoms with Crippen molar-refractivity contribution in [2.24, 2.45) is 7.05 Å². The van der Waals surface area contributed by atoms with E-state index in [-0.39, 0.29) is 48.7 Å². The van der Waals surface area contributed by atoms with E-state index >= 15 is 0 Å². The van der Waals surface area contributed by atoms with Gasteiger partial charge in [0, 0.05) is 94.8 Å². The maximum Gasteiger partial charge on any atom is 0.390 e. The molecule has 2 atom stereocenters. The highest BCUT2D eigenvalue weighted by molar-refractivity contribution is 6.00. The minimum atomic E-state index is -4.26. The zero-order valence-electron chi connectivity index (χ0n) is 36.8. The van der Waals surface area contributed by atoms with Gasteiger partial charge in [-0.1, -0.05) is 30.3 Å². The Bertz CT molecular complexity index is 2470. The molecule has 2 aromatic carbocycles. The summed E-state index contributed by atoms with van der Waals surface area (Å²) in [5, 5.41) is 16.1. The number of unbranched alkanes of at least 4 members (excludes halogenated alkanes) is 1. The van der Waals surface area contributed by atoms with Crippen LogP contribution in [-0.2, 0) is 27.8 Å². The van der Waals surface area contributed by atoms with Crippen LogP contribution in [0.5, 0.6) is 0 Å². The fourth-order valence-corrected chi connectivity index (χ4v) is 9.62. The monoisotopic (exact) mass is 887 g/mol. The molecule has 5 aromatic rings. The first kappa shape index (κ1) is 45.5. The number of carbonyl (C=O) groups excluding carboxylic acids is 2. The number of hydrogen-bond acceptors (Lipinski definition) is 10. The van der Waals surface area contributed by atoms with Crippen molar-refractivity contribution >= 4 is 39.8 Å². The van der Waals surface area contributed by atoms with Crippen LogP contribution >= 0.6 is 0 Å². The number of nitrogens with zero attached hydrogens (tertiary/aromatic N) is 7. The average molecular weight is 888 g/mol. The molecule has 0 bridgehead atoms. The molecule has 17 heteroatoms. The fraction of sp³-hybridized carbons (Fsp3) is 0.553. The van der Waals surface area contributed by atoms with Gasteiger partial charge in [-0.2, -0.15) is 18.2 Å². The summed E-state index contributed by atoms with van der Waals surface area (Å²) < 4.78 is 49.6. The normalized spacial score (nSPS) is 20.9. The largest absolute Gasteiger partial charge is 0.393 e. The SMILES string of the molecule is CC(c1ccc(-c2cn(C3CCC(O)CC3)c3nc(NCCC(F)(F)F)ncc23)cc1)N1CCN(CCCCOCCCc2ccc3c(c2)n(C)c(=O)n3C2CCC(=O)NC2=O)CC1. The van der Waals surface area contributed by atoms with E-state index in [2.05, 4.69) is 67.4 Å². The molecule has 1 aliphatic carbocycles. The minimum absolute atomic E-state index is 0.131. The van der Waals surface area contributed by atoms with E-state index in [9.17, 15) is 32.7 Å². The molecule has 2 amide bonds. The number of nitrogens with one attached hydrogen (secondary N) is 2. The number of imide groups is 1. The molecule has 5 heterocycles. The van der Waals surface area contributed by atoms with E-state index in [1.165, 1.54) is 10.1 Å². The Balaban J connectivity index is 0.768. The Morgan fingerprint density at radius 2 is 1.69 bits per heavy atom. The fourth-order valence-electron chi connectivity index (χ4n) is 9.62. The average Bonchev–Trinajstić information content (AvgIpc) is 3.77. The number of aromatic nitrogens is 5.